The first kappa shape index (κ1) is 13.1. The van der Waals surface area contributed by atoms with Crippen molar-refractivity contribution >= 4 is 28.7 Å². The lowest BCUT2D eigenvalue weighted by molar-refractivity contribution is 0.264. The molecule has 0 aliphatic rings. The molecule has 0 saturated heterocycles. The molecule has 0 aliphatic carbocycles. The fraction of sp³-hybridized carbons (Fsp3) is 0.500. The maximum atomic E-state index is 5.92. The number of rotatable bonds is 4. The molecule has 0 unspecified atom stereocenters. The van der Waals surface area contributed by atoms with Gasteiger partial charge in [-0.25, -0.2) is 9.97 Å². The molecule has 6 heteroatoms. The monoisotopic (exact) mass is 267 g/mol. The Balaban J connectivity index is 2.25. The van der Waals surface area contributed by atoms with Gasteiger partial charge in [0.2, 0.25) is 5.95 Å². The number of nitrogens with two attached hydrogens (primary N) is 1. The van der Waals surface area contributed by atoms with Crippen molar-refractivity contribution < 1.29 is 0 Å². The topological polar surface area (TPSA) is 60.0 Å². The largest absolute Gasteiger partial charge is 0.369 e. The molecule has 2 aromatic rings. The Morgan fingerprint density at radius 3 is 2.89 bits per heavy atom. The highest BCUT2D eigenvalue weighted by atomic mass is 35.5. The molecule has 0 amide bonds. The van der Waals surface area contributed by atoms with Crippen molar-refractivity contribution in [3.05, 3.63) is 17.3 Å². The van der Waals surface area contributed by atoms with E-state index >= 15 is 0 Å². The van der Waals surface area contributed by atoms with Gasteiger partial charge in [-0.2, -0.15) is 0 Å². The van der Waals surface area contributed by atoms with Gasteiger partial charge >= 0.3 is 0 Å². The molecule has 18 heavy (non-hydrogen) atoms. The summed E-state index contributed by atoms with van der Waals surface area (Å²) in [5.41, 5.74) is 7.44. The van der Waals surface area contributed by atoms with Crippen molar-refractivity contribution in [3.63, 3.8) is 0 Å². The van der Waals surface area contributed by atoms with Gasteiger partial charge in [-0.1, -0.05) is 11.6 Å². The normalized spacial score (nSPS) is 11.9. The molecular formula is C12H18ClN5. The van der Waals surface area contributed by atoms with Crippen molar-refractivity contribution in [1.29, 1.82) is 0 Å². The molecule has 2 aromatic heterocycles. The Kier molecular flexibility index (Phi) is 3.73. The zero-order valence-corrected chi connectivity index (χ0v) is 11.6. The van der Waals surface area contributed by atoms with Crippen LogP contribution in [0.1, 0.15) is 13.8 Å². The molecule has 0 radical (unpaired) electrons. The third-order valence-corrected chi connectivity index (χ3v) is 3.35. The van der Waals surface area contributed by atoms with Crippen LogP contribution < -0.4 is 5.73 Å². The molecule has 98 valence electrons. The summed E-state index contributed by atoms with van der Waals surface area (Å²) in [5.74, 6) is 0.483. The highest BCUT2D eigenvalue weighted by Gasteiger charge is 2.11. The van der Waals surface area contributed by atoms with Gasteiger partial charge in [0.25, 0.3) is 0 Å². The third kappa shape index (κ3) is 2.57. The number of likely N-dealkylation sites (N-methyl/N-ethyl adjacent to an activating group) is 1. The Morgan fingerprint density at radius 2 is 2.22 bits per heavy atom. The molecule has 0 fully saturated rings. The lowest BCUT2D eigenvalue weighted by Crippen LogP contribution is -2.30. The highest BCUT2D eigenvalue weighted by Crippen LogP contribution is 2.19. The molecule has 0 saturated carbocycles. The summed E-state index contributed by atoms with van der Waals surface area (Å²) < 4.78 is 1.92. The van der Waals surface area contributed by atoms with E-state index in [1.54, 1.807) is 12.3 Å². The van der Waals surface area contributed by atoms with E-state index in [2.05, 4.69) is 35.8 Å². The minimum Gasteiger partial charge on any atom is -0.369 e. The Morgan fingerprint density at radius 1 is 1.50 bits per heavy atom. The van der Waals surface area contributed by atoms with E-state index in [1.807, 2.05) is 4.57 Å². The molecular weight excluding hydrogens is 250 g/mol. The van der Waals surface area contributed by atoms with Crippen LogP contribution in [0.5, 0.6) is 0 Å². The number of imidazole rings is 1. The first-order valence-electron chi connectivity index (χ1n) is 5.96. The van der Waals surface area contributed by atoms with Gasteiger partial charge in [-0.05, 0) is 27.0 Å². The molecule has 5 nitrogen and oxygen atoms in total. The summed E-state index contributed by atoms with van der Waals surface area (Å²) in [7, 11) is 2.09. The standard InChI is InChI=1S/C12H18ClN5/c1-8(2)17(3)4-5-18-11-10(16-12(18)14)6-9(13)7-15-11/h6-8H,4-5H2,1-3H3,(H2,14,16). The number of hydrogen-bond acceptors (Lipinski definition) is 4. The first-order chi connectivity index (χ1) is 8.49. The van der Waals surface area contributed by atoms with Crippen molar-refractivity contribution in [3.8, 4) is 0 Å². The van der Waals surface area contributed by atoms with Crippen LogP contribution in [0.4, 0.5) is 5.95 Å². The van der Waals surface area contributed by atoms with Gasteiger partial charge in [0.15, 0.2) is 5.65 Å². The van der Waals surface area contributed by atoms with Crippen LogP contribution in [-0.2, 0) is 6.54 Å². The number of pyridine rings is 1. The number of hydrogen-bond donors (Lipinski definition) is 1. The van der Waals surface area contributed by atoms with Gasteiger partial charge in [0.05, 0.1) is 5.02 Å². The lowest BCUT2D eigenvalue weighted by atomic mass is 10.3. The fourth-order valence-electron chi connectivity index (χ4n) is 1.74. The van der Waals surface area contributed by atoms with E-state index in [-0.39, 0.29) is 0 Å². The van der Waals surface area contributed by atoms with E-state index in [1.165, 1.54) is 0 Å². The minimum atomic E-state index is 0.483. The van der Waals surface area contributed by atoms with E-state index in [0.717, 1.165) is 24.3 Å². The molecule has 0 spiro atoms. The van der Waals surface area contributed by atoms with Gasteiger partial charge in [-0.3, -0.25) is 4.57 Å². The molecule has 0 atom stereocenters. The third-order valence-electron chi connectivity index (χ3n) is 3.14. The van der Waals surface area contributed by atoms with E-state index < -0.39 is 0 Å². The van der Waals surface area contributed by atoms with Crippen molar-refractivity contribution in [1.82, 2.24) is 19.4 Å². The second-order valence-corrected chi connectivity index (χ2v) is 5.13. The zero-order chi connectivity index (χ0) is 13.3. The summed E-state index contributed by atoms with van der Waals surface area (Å²) in [6.07, 6.45) is 1.62. The van der Waals surface area contributed by atoms with Crippen molar-refractivity contribution in [2.75, 3.05) is 19.3 Å². The fourth-order valence-corrected chi connectivity index (χ4v) is 1.89. The summed E-state index contributed by atoms with van der Waals surface area (Å²) in [5, 5.41) is 0.575. The minimum absolute atomic E-state index is 0.483. The van der Waals surface area contributed by atoms with Crippen LogP contribution in [-0.4, -0.2) is 39.1 Å². The van der Waals surface area contributed by atoms with Gasteiger partial charge in [0.1, 0.15) is 5.52 Å². The summed E-state index contributed by atoms with van der Waals surface area (Å²) in [6.45, 7) is 5.99. The average molecular weight is 268 g/mol. The number of halogens is 1. The Bertz CT molecular complexity index is 549. The molecule has 2 heterocycles. The maximum absolute atomic E-state index is 5.92. The predicted molar refractivity (Wildman–Crippen MR) is 74.7 cm³/mol. The van der Waals surface area contributed by atoms with Crippen LogP contribution >= 0.6 is 11.6 Å². The zero-order valence-electron chi connectivity index (χ0n) is 10.9. The van der Waals surface area contributed by atoms with Gasteiger partial charge in [-0.15, -0.1) is 0 Å². The molecule has 0 aromatic carbocycles. The summed E-state index contributed by atoms with van der Waals surface area (Å²) in [4.78, 5) is 10.8. The summed E-state index contributed by atoms with van der Waals surface area (Å²) in [6, 6.07) is 2.28. The molecule has 2 rings (SSSR count). The maximum Gasteiger partial charge on any atom is 0.202 e. The molecule has 0 aliphatic heterocycles. The second-order valence-electron chi connectivity index (χ2n) is 4.69. The van der Waals surface area contributed by atoms with Crippen molar-refractivity contribution in [2.24, 2.45) is 0 Å². The highest BCUT2D eigenvalue weighted by molar-refractivity contribution is 6.31. The number of aromatic nitrogens is 3. The average Bonchev–Trinajstić information content (AvgIpc) is 2.60. The smallest absolute Gasteiger partial charge is 0.202 e. The number of nitrogen functional groups attached to an aromatic ring is 1. The van der Waals surface area contributed by atoms with Crippen molar-refractivity contribution in [2.45, 2.75) is 26.4 Å². The molecule has 0 bridgehead atoms. The predicted octanol–water partition coefficient (Wildman–Crippen LogP) is 2.01. The van der Waals surface area contributed by atoms with E-state index in [0.29, 0.717) is 17.0 Å². The second kappa shape index (κ2) is 5.12. The van der Waals surface area contributed by atoms with E-state index in [4.69, 9.17) is 17.3 Å². The number of fused-ring (bicyclic) bond motifs is 1. The quantitative estimate of drug-likeness (QED) is 0.921. The SMILES string of the molecule is CC(C)N(C)CCn1c(N)nc2cc(Cl)cnc21. The van der Waals surface area contributed by atoms with Crippen LogP contribution in [0, 0.1) is 0 Å². The first-order valence-corrected chi connectivity index (χ1v) is 6.34. The lowest BCUT2D eigenvalue weighted by Gasteiger charge is -2.21. The van der Waals surface area contributed by atoms with Crippen LogP contribution in [0.15, 0.2) is 12.3 Å². The van der Waals surface area contributed by atoms with Gasteiger partial charge < -0.3 is 10.6 Å². The Labute approximate surface area is 112 Å². The Hall–Kier alpha value is -1.33. The number of anilines is 1. The number of nitrogens with zero attached hydrogens (tertiary/aromatic N) is 4. The van der Waals surface area contributed by atoms with E-state index in [9.17, 15) is 0 Å². The van der Waals surface area contributed by atoms with Crippen LogP contribution in [0.3, 0.4) is 0 Å². The van der Waals surface area contributed by atoms with Gasteiger partial charge in [0, 0.05) is 25.3 Å². The molecule has 2 N–H and O–H groups in total. The van der Waals surface area contributed by atoms with Crippen LogP contribution in [0.2, 0.25) is 5.02 Å². The van der Waals surface area contributed by atoms with Crippen LogP contribution in [0.25, 0.3) is 11.2 Å². The summed E-state index contributed by atoms with van der Waals surface area (Å²) >= 11 is 5.89.